The molecule has 1 aromatic heterocycles. The zero-order valence-corrected chi connectivity index (χ0v) is 15.3. The summed E-state index contributed by atoms with van der Waals surface area (Å²) < 4.78 is 1.72. The van der Waals surface area contributed by atoms with Crippen molar-refractivity contribution in [2.24, 2.45) is 5.16 Å². The summed E-state index contributed by atoms with van der Waals surface area (Å²) >= 11 is 6.23. The van der Waals surface area contributed by atoms with E-state index in [-0.39, 0.29) is 5.91 Å². The number of hydrogen-bond donors (Lipinski definition) is 1. The standard InChI is InChI=1S/C20H17ClN4O2/c1-20(13-18(24-27-20)16-8-2-3-9-17(16)21)19(26)23-14-6-4-7-15(12-14)25-11-5-10-22-25/h2-12H,13H2,1H3,(H,23,26). The quantitative estimate of drug-likeness (QED) is 0.742. The van der Waals surface area contributed by atoms with Gasteiger partial charge in [-0.05, 0) is 37.3 Å². The third-order valence-electron chi connectivity index (χ3n) is 4.40. The minimum absolute atomic E-state index is 0.272. The molecular weight excluding hydrogens is 364 g/mol. The van der Waals surface area contributed by atoms with Gasteiger partial charge in [0, 0.05) is 35.1 Å². The van der Waals surface area contributed by atoms with Gasteiger partial charge in [-0.2, -0.15) is 5.10 Å². The molecular formula is C20H17ClN4O2. The molecule has 1 N–H and O–H groups in total. The van der Waals surface area contributed by atoms with Crippen LogP contribution in [0.2, 0.25) is 5.02 Å². The Labute approximate surface area is 161 Å². The van der Waals surface area contributed by atoms with E-state index in [0.717, 1.165) is 11.3 Å². The molecule has 6 nitrogen and oxygen atoms in total. The molecule has 7 heteroatoms. The molecule has 1 atom stereocenters. The summed E-state index contributed by atoms with van der Waals surface area (Å²) in [5, 5.41) is 11.8. The summed E-state index contributed by atoms with van der Waals surface area (Å²) in [5.74, 6) is -0.272. The number of amides is 1. The maximum Gasteiger partial charge on any atom is 0.271 e. The smallest absolute Gasteiger partial charge is 0.271 e. The average molecular weight is 381 g/mol. The Hall–Kier alpha value is -3.12. The van der Waals surface area contributed by atoms with Gasteiger partial charge in [0.15, 0.2) is 0 Å². The highest BCUT2D eigenvalue weighted by atomic mass is 35.5. The Balaban J connectivity index is 1.49. The van der Waals surface area contributed by atoms with Gasteiger partial charge in [-0.15, -0.1) is 0 Å². The lowest BCUT2D eigenvalue weighted by Gasteiger charge is -2.20. The van der Waals surface area contributed by atoms with E-state index >= 15 is 0 Å². The second kappa shape index (κ2) is 6.89. The molecule has 1 amide bonds. The molecule has 1 aliphatic heterocycles. The Morgan fingerprint density at radius 2 is 2.07 bits per heavy atom. The summed E-state index contributed by atoms with van der Waals surface area (Å²) in [6.45, 7) is 1.72. The monoisotopic (exact) mass is 380 g/mol. The lowest BCUT2D eigenvalue weighted by Crippen LogP contribution is -2.40. The number of carbonyl (C=O) groups excluding carboxylic acids is 1. The predicted octanol–water partition coefficient (Wildman–Crippen LogP) is 4.05. The van der Waals surface area contributed by atoms with Gasteiger partial charge in [-0.3, -0.25) is 4.79 Å². The van der Waals surface area contributed by atoms with Gasteiger partial charge in [-0.25, -0.2) is 4.68 Å². The Bertz CT molecular complexity index is 1020. The first kappa shape index (κ1) is 17.3. The lowest BCUT2D eigenvalue weighted by atomic mass is 9.95. The first-order valence-electron chi connectivity index (χ1n) is 8.47. The number of benzene rings is 2. The molecule has 0 bridgehead atoms. The van der Waals surface area contributed by atoms with Gasteiger partial charge in [0.1, 0.15) is 0 Å². The fourth-order valence-corrected chi connectivity index (χ4v) is 3.16. The highest BCUT2D eigenvalue weighted by molar-refractivity contribution is 6.34. The van der Waals surface area contributed by atoms with E-state index in [1.165, 1.54) is 0 Å². The zero-order valence-electron chi connectivity index (χ0n) is 14.6. The maximum atomic E-state index is 12.8. The molecule has 0 aliphatic carbocycles. The maximum absolute atomic E-state index is 12.8. The van der Waals surface area contributed by atoms with Crippen molar-refractivity contribution in [1.82, 2.24) is 9.78 Å². The molecule has 0 fully saturated rings. The van der Waals surface area contributed by atoms with Crippen LogP contribution in [-0.2, 0) is 9.63 Å². The average Bonchev–Trinajstić information content (AvgIpc) is 3.33. The van der Waals surface area contributed by atoms with Crippen molar-refractivity contribution in [3.63, 3.8) is 0 Å². The number of aromatic nitrogens is 2. The van der Waals surface area contributed by atoms with Crippen molar-refractivity contribution in [3.8, 4) is 5.69 Å². The van der Waals surface area contributed by atoms with Crippen molar-refractivity contribution in [1.29, 1.82) is 0 Å². The Morgan fingerprint density at radius 1 is 1.22 bits per heavy atom. The van der Waals surface area contributed by atoms with Gasteiger partial charge in [0.25, 0.3) is 5.91 Å². The molecule has 2 heterocycles. The van der Waals surface area contributed by atoms with Gasteiger partial charge < -0.3 is 10.2 Å². The zero-order chi connectivity index (χ0) is 18.9. The van der Waals surface area contributed by atoms with Crippen molar-refractivity contribution in [2.45, 2.75) is 18.9 Å². The van der Waals surface area contributed by atoms with Crippen molar-refractivity contribution in [3.05, 3.63) is 77.6 Å². The number of nitrogens with one attached hydrogen (secondary N) is 1. The molecule has 136 valence electrons. The van der Waals surface area contributed by atoms with E-state index in [0.29, 0.717) is 22.8 Å². The van der Waals surface area contributed by atoms with E-state index in [4.69, 9.17) is 16.4 Å². The highest BCUT2D eigenvalue weighted by Crippen LogP contribution is 2.30. The highest BCUT2D eigenvalue weighted by Gasteiger charge is 2.42. The minimum Gasteiger partial charge on any atom is -0.379 e. The molecule has 0 saturated heterocycles. The van der Waals surface area contributed by atoms with Crippen LogP contribution in [0, 0.1) is 0 Å². The number of carbonyl (C=O) groups is 1. The fraction of sp³-hybridized carbons (Fsp3) is 0.150. The summed E-state index contributed by atoms with van der Waals surface area (Å²) in [6, 6.07) is 16.6. The number of halogens is 1. The third kappa shape index (κ3) is 3.44. The fourth-order valence-electron chi connectivity index (χ4n) is 2.91. The van der Waals surface area contributed by atoms with Crippen LogP contribution in [0.4, 0.5) is 5.69 Å². The minimum atomic E-state index is -1.10. The molecule has 27 heavy (non-hydrogen) atoms. The molecule has 1 unspecified atom stereocenters. The van der Waals surface area contributed by atoms with Gasteiger partial charge >= 0.3 is 0 Å². The molecule has 0 saturated carbocycles. The number of anilines is 1. The van der Waals surface area contributed by atoms with Gasteiger partial charge in [0.05, 0.1) is 11.4 Å². The number of oxime groups is 1. The van der Waals surface area contributed by atoms with E-state index in [1.807, 2.05) is 54.7 Å². The lowest BCUT2D eigenvalue weighted by molar-refractivity contribution is -0.135. The molecule has 1 aliphatic rings. The van der Waals surface area contributed by atoms with Crippen LogP contribution in [0.3, 0.4) is 0 Å². The van der Waals surface area contributed by atoms with Crippen molar-refractivity contribution >= 4 is 28.9 Å². The van der Waals surface area contributed by atoms with Gasteiger partial charge in [-0.1, -0.05) is 41.0 Å². The summed E-state index contributed by atoms with van der Waals surface area (Å²) in [7, 11) is 0. The largest absolute Gasteiger partial charge is 0.379 e. The summed E-state index contributed by atoms with van der Waals surface area (Å²) in [6.07, 6.45) is 3.87. The summed E-state index contributed by atoms with van der Waals surface area (Å²) in [5.41, 5.74) is 1.84. The van der Waals surface area contributed by atoms with E-state index < -0.39 is 5.60 Å². The van der Waals surface area contributed by atoms with E-state index in [2.05, 4.69) is 15.6 Å². The van der Waals surface area contributed by atoms with Crippen LogP contribution in [0.15, 0.2) is 72.1 Å². The normalized spacial score (nSPS) is 18.7. The van der Waals surface area contributed by atoms with Gasteiger partial charge in [0.2, 0.25) is 5.60 Å². The SMILES string of the molecule is CC1(C(=O)Nc2cccc(-n3cccn3)c2)CC(c2ccccc2Cl)=NO1. The third-order valence-corrected chi connectivity index (χ3v) is 4.73. The second-order valence-corrected chi connectivity index (χ2v) is 6.88. The van der Waals surface area contributed by atoms with Crippen LogP contribution < -0.4 is 5.32 Å². The first-order chi connectivity index (χ1) is 13.0. The summed E-state index contributed by atoms with van der Waals surface area (Å²) in [4.78, 5) is 18.3. The molecule has 3 aromatic rings. The number of nitrogens with zero attached hydrogens (tertiary/aromatic N) is 3. The molecule has 0 spiro atoms. The number of rotatable bonds is 4. The predicted molar refractivity (Wildman–Crippen MR) is 104 cm³/mol. The van der Waals surface area contributed by atoms with Crippen LogP contribution in [0.1, 0.15) is 18.9 Å². The van der Waals surface area contributed by atoms with Crippen molar-refractivity contribution < 1.29 is 9.63 Å². The second-order valence-electron chi connectivity index (χ2n) is 6.47. The first-order valence-corrected chi connectivity index (χ1v) is 8.84. The van der Waals surface area contributed by atoms with E-state index in [9.17, 15) is 4.79 Å². The van der Waals surface area contributed by atoms with Crippen LogP contribution in [0.25, 0.3) is 5.69 Å². The topological polar surface area (TPSA) is 68.5 Å². The Morgan fingerprint density at radius 3 is 2.85 bits per heavy atom. The van der Waals surface area contributed by atoms with Crippen LogP contribution in [-0.4, -0.2) is 27.0 Å². The van der Waals surface area contributed by atoms with E-state index in [1.54, 1.807) is 23.9 Å². The Kier molecular flexibility index (Phi) is 4.41. The molecule has 2 aromatic carbocycles. The molecule has 4 rings (SSSR count). The van der Waals surface area contributed by atoms with Crippen LogP contribution >= 0.6 is 11.6 Å². The number of hydrogen-bond acceptors (Lipinski definition) is 4. The van der Waals surface area contributed by atoms with Crippen molar-refractivity contribution in [2.75, 3.05) is 5.32 Å². The van der Waals surface area contributed by atoms with Crippen LogP contribution in [0.5, 0.6) is 0 Å². The molecule has 0 radical (unpaired) electrons.